The Balaban J connectivity index is 1.70. The molecule has 20 heavy (non-hydrogen) atoms. The van der Waals surface area contributed by atoms with Crippen molar-refractivity contribution in [2.75, 3.05) is 6.54 Å². The van der Waals surface area contributed by atoms with Crippen molar-refractivity contribution >= 4 is 5.91 Å². The molecule has 0 atom stereocenters. The van der Waals surface area contributed by atoms with E-state index in [1.165, 1.54) is 12.3 Å². The number of pyridine rings is 1. The highest BCUT2D eigenvalue weighted by molar-refractivity contribution is 5.93. The lowest BCUT2D eigenvalue weighted by atomic mass is 9.95. The number of amides is 1. The lowest BCUT2D eigenvalue weighted by Crippen LogP contribution is -2.32. The highest BCUT2D eigenvalue weighted by Gasteiger charge is 2.45. The monoisotopic (exact) mass is 270 g/mol. The number of rotatable bonds is 4. The minimum atomic E-state index is -0.233. The van der Waals surface area contributed by atoms with E-state index in [1.54, 1.807) is 30.5 Å². The van der Waals surface area contributed by atoms with Gasteiger partial charge in [-0.15, -0.1) is 0 Å². The molecule has 1 amide bonds. The Morgan fingerprint density at radius 2 is 2.05 bits per heavy atom. The maximum absolute atomic E-state index is 13.8. The van der Waals surface area contributed by atoms with Crippen LogP contribution in [0.3, 0.4) is 0 Å². The zero-order valence-electron chi connectivity index (χ0n) is 11.0. The van der Waals surface area contributed by atoms with Gasteiger partial charge >= 0.3 is 0 Å². The summed E-state index contributed by atoms with van der Waals surface area (Å²) >= 11 is 0. The van der Waals surface area contributed by atoms with E-state index in [9.17, 15) is 9.18 Å². The van der Waals surface area contributed by atoms with Gasteiger partial charge in [-0.3, -0.25) is 9.78 Å². The van der Waals surface area contributed by atoms with Crippen molar-refractivity contribution in [1.82, 2.24) is 10.3 Å². The first-order valence-electron chi connectivity index (χ1n) is 6.65. The van der Waals surface area contributed by atoms with Crippen molar-refractivity contribution in [2.45, 2.75) is 18.3 Å². The van der Waals surface area contributed by atoms with Crippen molar-refractivity contribution in [3.8, 4) is 0 Å². The summed E-state index contributed by atoms with van der Waals surface area (Å²) in [5, 5.41) is 2.88. The first-order valence-corrected chi connectivity index (χ1v) is 6.65. The van der Waals surface area contributed by atoms with Crippen LogP contribution in [0.2, 0.25) is 0 Å². The van der Waals surface area contributed by atoms with Gasteiger partial charge in [-0.1, -0.05) is 18.2 Å². The molecular weight excluding hydrogens is 255 g/mol. The third-order valence-corrected chi connectivity index (χ3v) is 3.81. The molecule has 0 saturated heterocycles. The third kappa shape index (κ3) is 2.41. The Kier molecular flexibility index (Phi) is 3.22. The number of hydrogen-bond acceptors (Lipinski definition) is 2. The summed E-state index contributed by atoms with van der Waals surface area (Å²) in [7, 11) is 0. The predicted octanol–water partition coefficient (Wildman–Crippen LogP) is 2.68. The maximum Gasteiger partial charge on any atom is 0.252 e. The van der Waals surface area contributed by atoms with Gasteiger partial charge in [0.2, 0.25) is 0 Å². The number of nitrogens with one attached hydrogen (secondary N) is 1. The third-order valence-electron chi connectivity index (χ3n) is 3.81. The fourth-order valence-corrected chi connectivity index (χ4v) is 2.43. The fraction of sp³-hybridized carbons (Fsp3) is 0.250. The van der Waals surface area contributed by atoms with E-state index in [1.807, 2.05) is 6.07 Å². The van der Waals surface area contributed by atoms with Gasteiger partial charge < -0.3 is 5.32 Å². The minimum absolute atomic E-state index is 0.166. The minimum Gasteiger partial charge on any atom is -0.351 e. The molecule has 102 valence electrons. The Hall–Kier alpha value is -2.23. The van der Waals surface area contributed by atoms with Gasteiger partial charge in [0, 0.05) is 24.4 Å². The molecule has 2 aromatic rings. The second kappa shape index (κ2) is 5.04. The highest BCUT2D eigenvalue weighted by Crippen LogP contribution is 2.48. The van der Waals surface area contributed by atoms with Gasteiger partial charge in [-0.25, -0.2) is 4.39 Å². The van der Waals surface area contributed by atoms with E-state index in [-0.39, 0.29) is 17.1 Å². The van der Waals surface area contributed by atoms with Crippen LogP contribution in [-0.2, 0) is 5.41 Å². The topological polar surface area (TPSA) is 42.0 Å². The van der Waals surface area contributed by atoms with Crippen molar-refractivity contribution in [2.24, 2.45) is 0 Å². The van der Waals surface area contributed by atoms with E-state index in [4.69, 9.17) is 0 Å². The molecule has 1 aliphatic rings. The van der Waals surface area contributed by atoms with Crippen LogP contribution in [0.5, 0.6) is 0 Å². The molecule has 0 radical (unpaired) electrons. The standard InChI is InChI=1S/C16H15FN2O/c17-14-6-2-1-5-13(14)16(7-8-16)11-19-15(20)12-4-3-9-18-10-12/h1-6,9-10H,7-8,11H2,(H,19,20). The summed E-state index contributed by atoms with van der Waals surface area (Å²) in [5.74, 6) is -0.360. The van der Waals surface area contributed by atoms with E-state index in [0.717, 1.165) is 12.8 Å². The zero-order chi connectivity index (χ0) is 14.0. The summed E-state index contributed by atoms with van der Waals surface area (Å²) in [6.45, 7) is 0.460. The van der Waals surface area contributed by atoms with Crippen LogP contribution in [0.25, 0.3) is 0 Å². The van der Waals surface area contributed by atoms with E-state index < -0.39 is 0 Å². The summed E-state index contributed by atoms with van der Waals surface area (Å²) in [4.78, 5) is 15.9. The smallest absolute Gasteiger partial charge is 0.252 e. The summed E-state index contributed by atoms with van der Waals surface area (Å²) < 4.78 is 13.8. The van der Waals surface area contributed by atoms with E-state index in [0.29, 0.717) is 17.7 Å². The average Bonchev–Trinajstić information content (AvgIpc) is 3.27. The van der Waals surface area contributed by atoms with E-state index in [2.05, 4.69) is 10.3 Å². The summed E-state index contributed by atoms with van der Waals surface area (Å²) in [6.07, 6.45) is 4.96. The molecule has 0 spiro atoms. The Morgan fingerprint density at radius 1 is 1.25 bits per heavy atom. The van der Waals surface area contributed by atoms with Crippen molar-refractivity contribution < 1.29 is 9.18 Å². The SMILES string of the molecule is O=C(NCC1(c2ccccc2F)CC1)c1cccnc1. The first kappa shape index (κ1) is 12.8. The molecule has 1 fully saturated rings. The quantitative estimate of drug-likeness (QED) is 0.928. The van der Waals surface area contributed by atoms with Crippen LogP contribution in [0, 0.1) is 5.82 Å². The van der Waals surface area contributed by atoms with Gasteiger partial charge in [-0.05, 0) is 36.6 Å². The van der Waals surface area contributed by atoms with Crippen LogP contribution in [0.1, 0.15) is 28.8 Å². The molecular formula is C16H15FN2O. The predicted molar refractivity (Wildman–Crippen MR) is 73.9 cm³/mol. The molecule has 1 heterocycles. The number of nitrogens with zero attached hydrogens (tertiary/aromatic N) is 1. The molecule has 0 unspecified atom stereocenters. The van der Waals surface area contributed by atoms with E-state index >= 15 is 0 Å². The lowest BCUT2D eigenvalue weighted by molar-refractivity contribution is 0.0949. The number of benzene rings is 1. The van der Waals surface area contributed by atoms with Gasteiger partial charge in [0.25, 0.3) is 5.91 Å². The molecule has 4 heteroatoms. The summed E-state index contributed by atoms with van der Waals surface area (Å²) in [6, 6.07) is 10.2. The van der Waals surface area contributed by atoms with Crippen LogP contribution in [0.15, 0.2) is 48.8 Å². The normalized spacial score (nSPS) is 15.7. The fourth-order valence-electron chi connectivity index (χ4n) is 2.43. The number of hydrogen-bond donors (Lipinski definition) is 1. The molecule has 1 N–H and O–H groups in total. The molecule has 0 bridgehead atoms. The summed E-state index contributed by atoms with van der Waals surface area (Å²) in [5.41, 5.74) is 0.992. The molecule has 1 saturated carbocycles. The van der Waals surface area contributed by atoms with Crippen LogP contribution in [0.4, 0.5) is 4.39 Å². The van der Waals surface area contributed by atoms with Gasteiger partial charge in [-0.2, -0.15) is 0 Å². The molecule has 3 nitrogen and oxygen atoms in total. The molecule has 1 aliphatic carbocycles. The Bertz CT molecular complexity index is 623. The van der Waals surface area contributed by atoms with Crippen LogP contribution < -0.4 is 5.32 Å². The second-order valence-electron chi connectivity index (χ2n) is 5.18. The van der Waals surface area contributed by atoms with Crippen LogP contribution in [-0.4, -0.2) is 17.4 Å². The number of aromatic nitrogens is 1. The highest BCUT2D eigenvalue weighted by atomic mass is 19.1. The van der Waals surface area contributed by atoms with Crippen molar-refractivity contribution in [3.05, 3.63) is 65.7 Å². The van der Waals surface area contributed by atoms with Gasteiger partial charge in [0.05, 0.1) is 5.56 Å². The zero-order valence-corrected chi connectivity index (χ0v) is 11.0. The molecule has 0 aliphatic heterocycles. The van der Waals surface area contributed by atoms with Gasteiger partial charge in [0.1, 0.15) is 5.82 Å². The number of carbonyl (C=O) groups is 1. The average molecular weight is 270 g/mol. The van der Waals surface area contributed by atoms with Gasteiger partial charge in [0.15, 0.2) is 0 Å². The maximum atomic E-state index is 13.8. The molecule has 3 rings (SSSR count). The molecule has 1 aromatic heterocycles. The molecule has 1 aromatic carbocycles. The largest absolute Gasteiger partial charge is 0.351 e. The Labute approximate surface area is 116 Å². The van der Waals surface area contributed by atoms with Crippen molar-refractivity contribution in [3.63, 3.8) is 0 Å². The second-order valence-corrected chi connectivity index (χ2v) is 5.18. The number of halogens is 1. The first-order chi connectivity index (χ1) is 9.71. The lowest BCUT2D eigenvalue weighted by Gasteiger charge is -2.17. The number of carbonyl (C=O) groups excluding carboxylic acids is 1. The van der Waals surface area contributed by atoms with Crippen molar-refractivity contribution in [1.29, 1.82) is 0 Å². The van der Waals surface area contributed by atoms with Crippen LogP contribution >= 0.6 is 0 Å². The Morgan fingerprint density at radius 3 is 2.70 bits per heavy atom.